The van der Waals surface area contributed by atoms with Crippen molar-refractivity contribution in [2.24, 2.45) is 51.2 Å². The fourth-order valence-corrected chi connectivity index (χ4v) is 10.6. The molecule has 1 aromatic heterocycles. The summed E-state index contributed by atoms with van der Waals surface area (Å²) in [5, 5.41) is 22.4. The highest BCUT2D eigenvalue weighted by Crippen LogP contribution is 2.74. The molecule has 0 aromatic carbocycles. The number of nitrogens with zero attached hydrogens (tertiary/aromatic N) is 5. The molecule has 9 atom stereocenters. The van der Waals surface area contributed by atoms with E-state index in [0.717, 1.165) is 44.1 Å². The molecule has 0 spiro atoms. The van der Waals surface area contributed by atoms with Gasteiger partial charge in [-0.1, -0.05) is 60.1 Å². The lowest BCUT2D eigenvalue weighted by Gasteiger charge is -2.69. The third-order valence-corrected chi connectivity index (χ3v) is 13.0. The van der Waals surface area contributed by atoms with E-state index in [4.69, 9.17) is 0 Å². The van der Waals surface area contributed by atoms with Gasteiger partial charge in [-0.15, -0.1) is 5.10 Å². The van der Waals surface area contributed by atoms with Crippen molar-refractivity contribution in [1.29, 1.82) is 5.26 Å². The van der Waals surface area contributed by atoms with Gasteiger partial charge in [0.1, 0.15) is 12.4 Å². The van der Waals surface area contributed by atoms with Gasteiger partial charge >= 0.3 is 0 Å². The zero-order chi connectivity index (χ0) is 27.5. The van der Waals surface area contributed by atoms with Crippen LogP contribution in [0.15, 0.2) is 29.6 Å². The summed E-state index contributed by atoms with van der Waals surface area (Å²) in [4.78, 5) is 27.8. The van der Waals surface area contributed by atoms with Gasteiger partial charge in [-0.25, -0.2) is 4.68 Å². The SMILES string of the molecule is C[C@@H]1[C@H]2[C@H]3C(=O)C=C4[C@@]5(C)C=C(C#N)C(=O)C(C)(C)[C@@H]5CC[C@@]4(C)[C@]3(C)CC[C@@]2(n2cnnn2)CC[C@H]1C. The predicted molar refractivity (Wildman–Crippen MR) is 142 cm³/mol. The van der Waals surface area contributed by atoms with Gasteiger partial charge in [-0.2, -0.15) is 5.26 Å². The summed E-state index contributed by atoms with van der Waals surface area (Å²) in [6.07, 6.45) is 11.5. The van der Waals surface area contributed by atoms with Crippen LogP contribution < -0.4 is 0 Å². The van der Waals surface area contributed by atoms with Crippen LogP contribution >= 0.6 is 0 Å². The van der Waals surface area contributed by atoms with E-state index in [1.807, 2.05) is 30.7 Å². The highest BCUT2D eigenvalue weighted by molar-refractivity contribution is 6.04. The number of nitriles is 1. The first-order valence-corrected chi connectivity index (χ1v) is 14.5. The summed E-state index contributed by atoms with van der Waals surface area (Å²) in [6, 6.07) is 2.20. The Bertz CT molecular complexity index is 1320. The second kappa shape index (κ2) is 7.73. The number of carbonyl (C=O) groups is 2. The van der Waals surface area contributed by atoms with E-state index in [2.05, 4.69) is 56.2 Å². The summed E-state index contributed by atoms with van der Waals surface area (Å²) in [5.74, 6) is 1.13. The number of aromatic nitrogens is 4. The largest absolute Gasteiger partial charge is 0.295 e. The van der Waals surface area contributed by atoms with Crippen molar-refractivity contribution in [1.82, 2.24) is 20.2 Å². The van der Waals surface area contributed by atoms with E-state index < -0.39 is 10.8 Å². The zero-order valence-corrected chi connectivity index (χ0v) is 23.9. The Hall–Kier alpha value is -2.62. The monoisotopic (exact) mass is 515 g/mol. The Labute approximate surface area is 226 Å². The van der Waals surface area contributed by atoms with E-state index in [1.54, 1.807) is 6.33 Å². The molecule has 0 N–H and O–H groups in total. The first-order chi connectivity index (χ1) is 17.8. The number of fused-ring (bicyclic) bond motifs is 7. The third kappa shape index (κ3) is 2.82. The Morgan fingerprint density at radius 2 is 1.76 bits per heavy atom. The van der Waals surface area contributed by atoms with Crippen molar-refractivity contribution in [3.63, 3.8) is 0 Å². The smallest absolute Gasteiger partial charge is 0.178 e. The molecule has 5 aliphatic carbocycles. The molecule has 202 valence electrons. The highest BCUT2D eigenvalue weighted by Gasteiger charge is 2.70. The molecule has 3 fully saturated rings. The lowest BCUT2D eigenvalue weighted by molar-refractivity contribution is -0.174. The number of Topliss-reactive ketones (excluding diaryl/α,β-unsaturated/α-hetero) is 1. The lowest BCUT2D eigenvalue weighted by atomic mass is 9.34. The molecule has 38 heavy (non-hydrogen) atoms. The van der Waals surface area contributed by atoms with Crippen molar-refractivity contribution in [3.05, 3.63) is 29.6 Å². The van der Waals surface area contributed by atoms with E-state index in [-0.39, 0.29) is 51.3 Å². The maximum atomic E-state index is 14.6. The first-order valence-electron chi connectivity index (χ1n) is 14.5. The minimum absolute atomic E-state index is 0.0596. The van der Waals surface area contributed by atoms with Gasteiger partial charge < -0.3 is 0 Å². The van der Waals surface area contributed by atoms with Crippen molar-refractivity contribution in [2.45, 2.75) is 92.5 Å². The average Bonchev–Trinajstić information content (AvgIpc) is 3.41. The maximum absolute atomic E-state index is 14.6. The summed E-state index contributed by atoms with van der Waals surface area (Å²) in [7, 11) is 0. The Morgan fingerprint density at radius 3 is 2.42 bits per heavy atom. The standard InChI is InChI=1S/C31H41N5O2/c1-18-8-11-31(36-17-33-34-35-36)13-12-30(7)25(24(31)19(18)2)21(37)14-23-28(5)15-20(16-32)26(38)27(3,4)22(28)9-10-29(23,30)6/h14-15,17-19,22,24-25H,8-13H2,1-7H3/t18-,19+,22+,24+,25-,28+,29-,30-,31+/m1/s1. The van der Waals surface area contributed by atoms with Crippen LogP contribution in [0.1, 0.15) is 87.0 Å². The van der Waals surface area contributed by atoms with Gasteiger partial charge in [-0.05, 0) is 89.5 Å². The third-order valence-electron chi connectivity index (χ3n) is 13.0. The van der Waals surface area contributed by atoms with Crippen LogP contribution in [0, 0.1) is 62.6 Å². The Kier molecular flexibility index (Phi) is 5.22. The summed E-state index contributed by atoms with van der Waals surface area (Å²) >= 11 is 0. The van der Waals surface area contributed by atoms with E-state index in [1.165, 1.54) is 0 Å². The minimum Gasteiger partial charge on any atom is -0.295 e. The van der Waals surface area contributed by atoms with Gasteiger partial charge in [-0.3, -0.25) is 9.59 Å². The molecule has 0 amide bonds. The average molecular weight is 516 g/mol. The summed E-state index contributed by atoms with van der Waals surface area (Å²) < 4.78 is 1.99. The molecule has 0 unspecified atom stereocenters. The molecule has 0 aliphatic heterocycles. The fraction of sp³-hybridized carbons (Fsp3) is 0.742. The van der Waals surface area contributed by atoms with Crippen LogP contribution in [-0.4, -0.2) is 31.8 Å². The summed E-state index contributed by atoms with van der Waals surface area (Å²) in [5.41, 5.74) is -0.453. The molecule has 0 radical (unpaired) electrons. The molecule has 0 saturated heterocycles. The number of rotatable bonds is 1. The molecule has 1 aromatic rings. The second-order valence-corrected chi connectivity index (χ2v) is 14.5. The van der Waals surface area contributed by atoms with Gasteiger partial charge in [0.15, 0.2) is 11.6 Å². The molecule has 7 nitrogen and oxygen atoms in total. The van der Waals surface area contributed by atoms with Crippen LogP contribution in [-0.2, 0) is 15.1 Å². The minimum atomic E-state index is -0.646. The fourth-order valence-electron chi connectivity index (χ4n) is 10.6. The van der Waals surface area contributed by atoms with Crippen molar-refractivity contribution < 1.29 is 9.59 Å². The normalized spacial score (nSPS) is 47.5. The quantitative estimate of drug-likeness (QED) is 0.492. The number of carbonyl (C=O) groups excluding carboxylic acids is 2. The topological polar surface area (TPSA) is 102 Å². The van der Waals surface area contributed by atoms with Gasteiger partial charge in [0.25, 0.3) is 0 Å². The summed E-state index contributed by atoms with van der Waals surface area (Å²) in [6.45, 7) is 15.6. The number of ketones is 2. The highest BCUT2D eigenvalue weighted by atomic mass is 16.1. The van der Waals surface area contributed by atoms with E-state index in [0.29, 0.717) is 11.8 Å². The molecule has 1 heterocycles. The van der Waals surface area contributed by atoms with Gasteiger partial charge in [0, 0.05) is 16.7 Å². The van der Waals surface area contributed by atoms with Crippen LogP contribution in [0.4, 0.5) is 0 Å². The van der Waals surface area contributed by atoms with E-state index >= 15 is 0 Å². The van der Waals surface area contributed by atoms with Crippen LogP contribution in [0.25, 0.3) is 0 Å². The van der Waals surface area contributed by atoms with E-state index in [9.17, 15) is 14.9 Å². The van der Waals surface area contributed by atoms with Crippen molar-refractivity contribution in [2.75, 3.05) is 0 Å². The maximum Gasteiger partial charge on any atom is 0.178 e. The predicted octanol–water partition coefficient (Wildman–Crippen LogP) is 5.46. The number of hydrogen-bond acceptors (Lipinski definition) is 6. The number of allylic oxidation sites excluding steroid dienone is 4. The molecule has 5 aliphatic rings. The molecule has 7 heteroatoms. The van der Waals surface area contributed by atoms with Crippen molar-refractivity contribution >= 4 is 11.6 Å². The van der Waals surface area contributed by atoms with Gasteiger partial charge in [0.2, 0.25) is 0 Å². The second-order valence-electron chi connectivity index (χ2n) is 14.5. The molecule has 0 bridgehead atoms. The van der Waals surface area contributed by atoms with Crippen molar-refractivity contribution in [3.8, 4) is 6.07 Å². The molecular weight excluding hydrogens is 474 g/mol. The molecule has 6 rings (SSSR count). The molecular formula is C31H41N5O2. The molecule has 3 saturated carbocycles. The van der Waals surface area contributed by atoms with Gasteiger partial charge in [0.05, 0.1) is 11.1 Å². The Morgan fingerprint density at radius 1 is 1.03 bits per heavy atom. The van der Waals surface area contributed by atoms with Crippen LogP contribution in [0.3, 0.4) is 0 Å². The number of hydrogen-bond donors (Lipinski definition) is 0. The van der Waals surface area contributed by atoms with Crippen LogP contribution in [0.5, 0.6) is 0 Å². The lowest BCUT2D eigenvalue weighted by Crippen LogP contribution is -2.67. The van der Waals surface area contributed by atoms with Crippen LogP contribution in [0.2, 0.25) is 0 Å². The first kappa shape index (κ1) is 25.6. The Balaban J connectivity index is 1.55. The number of tetrazole rings is 1. The zero-order valence-electron chi connectivity index (χ0n) is 23.9.